The van der Waals surface area contributed by atoms with Crippen LogP contribution in [0.4, 0.5) is 0 Å². The van der Waals surface area contributed by atoms with E-state index in [1.807, 2.05) is 24.3 Å². The van der Waals surface area contributed by atoms with Crippen LogP contribution in [0.25, 0.3) is 10.8 Å². The fourth-order valence-corrected chi connectivity index (χ4v) is 2.07. The molecule has 2 heteroatoms. The van der Waals surface area contributed by atoms with Gasteiger partial charge in [0, 0.05) is 12.0 Å². The number of halogens is 1. The second-order valence-corrected chi connectivity index (χ2v) is 3.42. The number of rotatable bonds is 0. The van der Waals surface area contributed by atoms with Crippen molar-refractivity contribution in [2.45, 2.75) is 6.42 Å². The molecule has 0 bridgehead atoms. The summed E-state index contributed by atoms with van der Waals surface area (Å²) in [5.41, 5.74) is 2.08. The lowest BCUT2D eigenvalue weighted by molar-refractivity contribution is 0.1000. The van der Waals surface area contributed by atoms with Crippen molar-refractivity contribution in [1.82, 2.24) is 0 Å². The Morgan fingerprint density at radius 1 is 1.00 bits per heavy atom. The van der Waals surface area contributed by atoms with E-state index in [0.29, 0.717) is 6.42 Å². The van der Waals surface area contributed by atoms with Gasteiger partial charge in [-0.15, -0.1) is 12.4 Å². The Labute approximate surface area is 88.2 Å². The molecule has 0 aromatic heterocycles. The van der Waals surface area contributed by atoms with Crippen molar-refractivity contribution in [2.24, 2.45) is 0 Å². The number of hydrogen-bond acceptors (Lipinski definition) is 1. The first-order valence-electron chi connectivity index (χ1n) is 4.40. The molecule has 0 unspecified atom stereocenters. The zero-order chi connectivity index (χ0) is 8.84. The van der Waals surface area contributed by atoms with Crippen molar-refractivity contribution in [1.29, 1.82) is 0 Å². The highest BCUT2D eigenvalue weighted by molar-refractivity contribution is 6.15. The first-order valence-corrected chi connectivity index (χ1v) is 4.40. The van der Waals surface area contributed by atoms with Gasteiger partial charge in [-0.25, -0.2) is 0 Å². The average molecular weight is 205 g/mol. The zero-order valence-electron chi connectivity index (χ0n) is 7.49. The topological polar surface area (TPSA) is 17.1 Å². The fourth-order valence-electron chi connectivity index (χ4n) is 2.07. The van der Waals surface area contributed by atoms with Crippen LogP contribution in [-0.2, 0) is 6.42 Å². The lowest BCUT2D eigenvalue weighted by Crippen LogP contribution is -1.92. The highest BCUT2D eigenvalue weighted by Gasteiger charge is 2.20. The van der Waals surface area contributed by atoms with Gasteiger partial charge in [0.15, 0.2) is 5.78 Å². The minimum absolute atomic E-state index is 0. The second-order valence-electron chi connectivity index (χ2n) is 3.42. The third-order valence-electron chi connectivity index (χ3n) is 2.64. The van der Waals surface area contributed by atoms with E-state index in [0.717, 1.165) is 10.9 Å². The van der Waals surface area contributed by atoms with Gasteiger partial charge in [0.05, 0.1) is 0 Å². The molecule has 0 atom stereocenters. The molecular formula is C12H9ClO. The minimum atomic E-state index is 0. The summed E-state index contributed by atoms with van der Waals surface area (Å²) in [4.78, 5) is 11.5. The first-order chi connectivity index (χ1) is 6.36. The van der Waals surface area contributed by atoms with E-state index >= 15 is 0 Å². The van der Waals surface area contributed by atoms with E-state index in [9.17, 15) is 4.79 Å². The van der Waals surface area contributed by atoms with E-state index in [4.69, 9.17) is 0 Å². The summed E-state index contributed by atoms with van der Waals surface area (Å²) in [6.45, 7) is 0. The van der Waals surface area contributed by atoms with Crippen LogP contribution in [-0.4, -0.2) is 5.78 Å². The molecule has 0 saturated heterocycles. The third-order valence-corrected chi connectivity index (χ3v) is 2.64. The zero-order valence-corrected chi connectivity index (χ0v) is 8.30. The number of carbonyl (C=O) groups excluding carboxylic acids is 1. The Hall–Kier alpha value is -1.34. The van der Waals surface area contributed by atoms with E-state index in [1.54, 1.807) is 0 Å². The molecule has 0 heterocycles. The molecule has 1 aliphatic carbocycles. The maximum Gasteiger partial charge on any atom is 0.167 e. The molecule has 1 aliphatic rings. The summed E-state index contributed by atoms with van der Waals surface area (Å²) >= 11 is 0. The smallest absolute Gasteiger partial charge is 0.167 e. The Morgan fingerprint density at radius 3 is 2.50 bits per heavy atom. The quantitative estimate of drug-likeness (QED) is 0.645. The molecule has 0 spiro atoms. The minimum Gasteiger partial charge on any atom is -0.294 e. The van der Waals surface area contributed by atoms with Crippen molar-refractivity contribution in [3.05, 3.63) is 47.5 Å². The largest absolute Gasteiger partial charge is 0.294 e. The average Bonchev–Trinajstić information content (AvgIpc) is 2.47. The molecule has 70 valence electrons. The Balaban J connectivity index is 0.000000750. The van der Waals surface area contributed by atoms with Gasteiger partial charge in [-0.2, -0.15) is 0 Å². The van der Waals surface area contributed by atoms with Gasteiger partial charge in [-0.05, 0) is 16.3 Å². The van der Waals surface area contributed by atoms with Crippen LogP contribution >= 0.6 is 12.4 Å². The van der Waals surface area contributed by atoms with Gasteiger partial charge < -0.3 is 0 Å². The monoisotopic (exact) mass is 204 g/mol. The molecule has 14 heavy (non-hydrogen) atoms. The molecule has 2 aromatic carbocycles. The number of ketones is 1. The van der Waals surface area contributed by atoms with E-state index in [1.165, 1.54) is 10.9 Å². The van der Waals surface area contributed by atoms with Gasteiger partial charge in [0.1, 0.15) is 0 Å². The highest BCUT2D eigenvalue weighted by atomic mass is 35.5. The standard InChI is InChI=1S/C12H8O.ClH/c13-11-7-9-5-1-3-8-4-2-6-10(11)12(8)9;/h1-6H,7H2;1H. The predicted octanol–water partition coefficient (Wildman–Crippen LogP) is 3.00. The van der Waals surface area contributed by atoms with E-state index < -0.39 is 0 Å². The molecule has 0 radical (unpaired) electrons. The molecule has 1 nitrogen and oxygen atoms in total. The van der Waals surface area contributed by atoms with Gasteiger partial charge in [-0.1, -0.05) is 36.4 Å². The SMILES string of the molecule is Cl.O=C1Cc2cccc3cccc1c23. The molecule has 0 saturated carbocycles. The fraction of sp³-hybridized carbons (Fsp3) is 0.0833. The van der Waals surface area contributed by atoms with Crippen LogP contribution in [0.3, 0.4) is 0 Å². The van der Waals surface area contributed by atoms with Crippen LogP contribution in [0.2, 0.25) is 0 Å². The Morgan fingerprint density at radius 2 is 1.71 bits per heavy atom. The summed E-state index contributed by atoms with van der Waals surface area (Å²) in [6, 6.07) is 12.0. The Bertz CT molecular complexity index is 511. The van der Waals surface area contributed by atoms with E-state index in [2.05, 4.69) is 12.1 Å². The molecule has 2 aromatic rings. The summed E-state index contributed by atoms with van der Waals surface area (Å²) in [6.07, 6.45) is 0.580. The lowest BCUT2D eigenvalue weighted by Gasteiger charge is -1.98. The Kier molecular flexibility index (Phi) is 2.05. The number of benzene rings is 2. The summed E-state index contributed by atoms with van der Waals surface area (Å²) < 4.78 is 0. The van der Waals surface area contributed by atoms with Gasteiger partial charge in [0.25, 0.3) is 0 Å². The first kappa shape index (κ1) is 9.22. The second kappa shape index (κ2) is 3.10. The predicted molar refractivity (Wildman–Crippen MR) is 59.2 cm³/mol. The lowest BCUT2D eigenvalue weighted by atomic mass is 10.1. The van der Waals surface area contributed by atoms with Crippen molar-refractivity contribution in [3.63, 3.8) is 0 Å². The molecule has 0 aliphatic heterocycles. The van der Waals surface area contributed by atoms with Gasteiger partial charge in [-0.3, -0.25) is 4.79 Å². The van der Waals surface area contributed by atoms with Crippen molar-refractivity contribution >= 4 is 29.0 Å². The van der Waals surface area contributed by atoms with Crippen LogP contribution in [0, 0.1) is 0 Å². The maximum atomic E-state index is 11.5. The van der Waals surface area contributed by atoms with Crippen LogP contribution < -0.4 is 0 Å². The molecule has 0 amide bonds. The molecule has 0 N–H and O–H groups in total. The summed E-state index contributed by atoms with van der Waals surface area (Å²) in [5.74, 6) is 0.256. The maximum absolute atomic E-state index is 11.5. The van der Waals surface area contributed by atoms with Gasteiger partial charge >= 0.3 is 0 Å². The van der Waals surface area contributed by atoms with Crippen molar-refractivity contribution in [2.75, 3.05) is 0 Å². The molecular weight excluding hydrogens is 196 g/mol. The molecule has 3 rings (SSSR count). The van der Waals surface area contributed by atoms with Crippen molar-refractivity contribution < 1.29 is 4.79 Å². The normalized spacial score (nSPS) is 13.0. The number of hydrogen-bond donors (Lipinski definition) is 0. The van der Waals surface area contributed by atoms with Gasteiger partial charge in [0.2, 0.25) is 0 Å². The summed E-state index contributed by atoms with van der Waals surface area (Å²) in [7, 11) is 0. The van der Waals surface area contributed by atoms with Crippen LogP contribution in [0.5, 0.6) is 0 Å². The number of Topliss-reactive ketones (excluding diaryl/α,β-unsaturated/α-hetero) is 1. The summed E-state index contributed by atoms with van der Waals surface area (Å²) in [5, 5.41) is 2.34. The van der Waals surface area contributed by atoms with Crippen LogP contribution in [0.15, 0.2) is 36.4 Å². The van der Waals surface area contributed by atoms with Crippen LogP contribution in [0.1, 0.15) is 15.9 Å². The highest BCUT2D eigenvalue weighted by Crippen LogP contribution is 2.29. The van der Waals surface area contributed by atoms with Crippen molar-refractivity contribution in [3.8, 4) is 0 Å². The van der Waals surface area contributed by atoms with E-state index in [-0.39, 0.29) is 18.2 Å². The third kappa shape index (κ3) is 1.06. The molecule has 0 fully saturated rings. The number of carbonyl (C=O) groups is 1.